The zero-order valence-electron chi connectivity index (χ0n) is 8.94. The maximum Gasteiger partial charge on any atom is 0.242 e. The Kier molecular flexibility index (Phi) is 3.72. The van der Waals surface area contributed by atoms with Gasteiger partial charge in [0, 0.05) is 17.0 Å². The Bertz CT molecular complexity index is 602. The van der Waals surface area contributed by atoms with Crippen molar-refractivity contribution in [3.63, 3.8) is 0 Å². The fourth-order valence-corrected chi connectivity index (χ4v) is 4.78. The second kappa shape index (κ2) is 4.93. The zero-order valence-corrected chi connectivity index (χ0v) is 12.2. The second-order valence-electron chi connectivity index (χ2n) is 3.43. The molecule has 7 heteroatoms. The van der Waals surface area contributed by atoms with E-state index in [9.17, 15) is 8.42 Å². The maximum absolute atomic E-state index is 12.0. The number of thiophene rings is 1. The van der Waals surface area contributed by atoms with Crippen LogP contribution in [0.15, 0.2) is 37.8 Å². The van der Waals surface area contributed by atoms with Gasteiger partial charge in [-0.25, -0.2) is 13.1 Å². The van der Waals surface area contributed by atoms with Crippen LogP contribution in [-0.2, 0) is 16.6 Å². The minimum Gasteiger partial charge on any atom is -0.472 e. The molecule has 0 atom stereocenters. The van der Waals surface area contributed by atoms with E-state index >= 15 is 0 Å². The minimum atomic E-state index is -3.46. The van der Waals surface area contributed by atoms with E-state index in [-0.39, 0.29) is 6.54 Å². The monoisotopic (exact) mass is 335 g/mol. The molecule has 0 radical (unpaired) electrons. The molecule has 2 aromatic rings. The van der Waals surface area contributed by atoms with Gasteiger partial charge in [0.25, 0.3) is 0 Å². The molecule has 0 aliphatic heterocycles. The molecule has 1 N–H and O–H groups in total. The van der Waals surface area contributed by atoms with E-state index in [1.54, 1.807) is 19.1 Å². The largest absolute Gasteiger partial charge is 0.472 e. The van der Waals surface area contributed by atoms with Crippen LogP contribution in [0.1, 0.15) is 10.4 Å². The van der Waals surface area contributed by atoms with Gasteiger partial charge in [0.15, 0.2) is 0 Å². The van der Waals surface area contributed by atoms with Gasteiger partial charge in [-0.05, 0) is 35.0 Å². The summed E-state index contributed by atoms with van der Waals surface area (Å²) < 4.78 is 32.2. The molecule has 0 aliphatic carbocycles. The fraction of sp³-hybridized carbons (Fsp3) is 0.200. The highest BCUT2D eigenvalue weighted by molar-refractivity contribution is 9.11. The van der Waals surface area contributed by atoms with Crippen molar-refractivity contribution in [3.05, 3.63) is 38.9 Å². The van der Waals surface area contributed by atoms with E-state index in [2.05, 4.69) is 20.7 Å². The first kappa shape index (κ1) is 12.8. The predicted octanol–water partition coefficient (Wildman–Crippen LogP) is 2.89. The molecule has 0 unspecified atom stereocenters. The molecule has 0 spiro atoms. The molecule has 0 amide bonds. The number of rotatable bonds is 4. The number of hydrogen-bond acceptors (Lipinski definition) is 4. The van der Waals surface area contributed by atoms with E-state index < -0.39 is 10.0 Å². The summed E-state index contributed by atoms with van der Waals surface area (Å²) in [6.45, 7) is 2.01. The Hall–Kier alpha value is -0.630. The van der Waals surface area contributed by atoms with Crippen molar-refractivity contribution < 1.29 is 12.8 Å². The zero-order chi connectivity index (χ0) is 12.5. The molecule has 0 fully saturated rings. The average molecular weight is 336 g/mol. The van der Waals surface area contributed by atoms with Crippen molar-refractivity contribution in [2.75, 3.05) is 0 Å². The molecule has 0 saturated heterocycles. The summed E-state index contributed by atoms with van der Waals surface area (Å²) in [6.07, 6.45) is 3.02. The molecular formula is C10H10BrNO3S2. The van der Waals surface area contributed by atoms with Crippen molar-refractivity contribution in [3.8, 4) is 0 Å². The quantitative estimate of drug-likeness (QED) is 0.934. The number of halogens is 1. The summed E-state index contributed by atoms with van der Waals surface area (Å²) in [5, 5.41) is 0. The van der Waals surface area contributed by atoms with Gasteiger partial charge in [0.1, 0.15) is 0 Å². The summed E-state index contributed by atoms with van der Waals surface area (Å²) in [4.78, 5) is 1.08. The molecule has 4 nitrogen and oxygen atoms in total. The van der Waals surface area contributed by atoms with Crippen LogP contribution in [0.2, 0.25) is 0 Å². The molecule has 0 bridgehead atoms. The summed E-state index contributed by atoms with van der Waals surface area (Å²) in [7, 11) is -3.46. The van der Waals surface area contributed by atoms with E-state index in [1.807, 2.05) is 0 Å². The first-order chi connectivity index (χ1) is 7.99. The van der Waals surface area contributed by atoms with Crippen molar-refractivity contribution >= 4 is 37.3 Å². The van der Waals surface area contributed by atoms with Gasteiger partial charge in [0.05, 0.1) is 21.2 Å². The Labute approximate surface area is 112 Å². The minimum absolute atomic E-state index is 0.228. The smallest absolute Gasteiger partial charge is 0.242 e. The van der Waals surface area contributed by atoms with Crippen LogP contribution >= 0.6 is 27.3 Å². The molecule has 17 heavy (non-hydrogen) atoms. The molecule has 0 aliphatic rings. The van der Waals surface area contributed by atoms with Crippen LogP contribution in [0.25, 0.3) is 0 Å². The van der Waals surface area contributed by atoms with Gasteiger partial charge in [-0.3, -0.25) is 0 Å². The van der Waals surface area contributed by atoms with Crippen LogP contribution in [0.4, 0.5) is 0 Å². The third kappa shape index (κ3) is 2.98. The van der Waals surface area contributed by atoms with Crippen molar-refractivity contribution in [1.82, 2.24) is 4.72 Å². The third-order valence-electron chi connectivity index (χ3n) is 2.18. The summed E-state index contributed by atoms with van der Waals surface area (Å²) in [6, 6.07) is 3.33. The number of aryl methyl sites for hydroxylation is 1. The third-order valence-corrected chi connectivity index (χ3v) is 5.39. The highest BCUT2D eigenvalue weighted by atomic mass is 79.9. The van der Waals surface area contributed by atoms with Crippen LogP contribution in [-0.4, -0.2) is 8.42 Å². The number of nitrogens with one attached hydrogen (secondary N) is 1. The van der Waals surface area contributed by atoms with Crippen LogP contribution in [0, 0.1) is 6.92 Å². The number of sulfonamides is 1. The van der Waals surface area contributed by atoms with E-state index in [0.717, 1.165) is 14.2 Å². The highest BCUT2D eigenvalue weighted by Gasteiger charge is 2.19. The average Bonchev–Trinajstić information content (AvgIpc) is 2.85. The number of furan rings is 1. The molecular weight excluding hydrogens is 326 g/mol. The molecule has 2 rings (SSSR count). The van der Waals surface area contributed by atoms with E-state index in [0.29, 0.717) is 4.90 Å². The van der Waals surface area contributed by atoms with E-state index in [4.69, 9.17) is 4.42 Å². The van der Waals surface area contributed by atoms with Crippen molar-refractivity contribution in [2.24, 2.45) is 0 Å². The van der Waals surface area contributed by atoms with Gasteiger partial charge in [-0.2, -0.15) is 0 Å². The SMILES string of the molecule is Cc1sc(Br)cc1S(=O)(=O)NCc1ccoc1. The Morgan fingerprint density at radius 2 is 2.29 bits per heavy atom. The van der Waals surface area contributed by atoms with Crippen molar-refractivity contribution in [1.29, 1.82) is 0 Å². The molecule has 2 heterocycles. The fourth-order valence-electron chi connectivity index (χ4n) is 1.35. The van der Waals surface area contributed by atoms with Gasteiger partial charge in [-0.15, -0.1) is 11.3 Å². The van der Waals surface area contributed by atoms with Gasteiger partial charge in [-0.1, -0.05) is 0 Å². The van der Waals surface area contributed by atoms with Gasteiger partial charge >= 0.3 is 0 Å². The van der Waals surface area contributed by atoms with Crippen LogP contribution in [0.3, 0.4) is 0 Å². The summed E-state index contributed by atoms with van der Waals surface area (Å²) >= 11 is 4.67. The second-order valence-corrected chi connectivity index (χ2v) is 7.80. The first-order valence-electron chi connectivity index (χ1n) is 4.76. The normalized spacial score (nSPS) is 11.9. The topological polar surface area (TPSA) is 59.3 Å². The molecule has 92 valence electrons. The molecule has 0 aromatic carbocycles. The van der Waals surface area contributed by atoms with Crippen molar-refractivity contribution in [2.45, 2.75) is 18.4 Å². The van der Waals surface area contributed by atoms with Crippen LogP contribution < -0.4 is 4.72 Å². The highest BCUT2D eigenvalue weighted by Crippen LogP contribution is 2.29. The standard InChI is InChI=1S/C10H10BrNO3S2/c1-7-9(4-10(11)16-7)17(13,14)12-5-8-2-3-15-6-8/h2-4,6,12H,5H2,1H3. The molecule has 2 aromatic heterocycles. The van der Waals surface area contributed by atoms with Crippen LogP contribution in [0.5, 0.6) is 0 Å². The maximum atomic E-state index is 12.0. The predicted molar refractivity (Wildman–Crippen MR) is 69.5 cm³/mol. The first-order valence-corrected chi connectivity index (χ1v) is 7.85. The molecule has 0 saturated carbocycles. The van der Waals surface area contributed by atoms with E-state index in [1.165, 1.54) is 23.9 Å². The summed E-state index contributed by atoms with van der Waals surface area (Å²) in [5.41, 5.74) is 0.792. The van der Waals surface area contributed by atoms with Gasteiger partial charge < -0.3 is 4.42 Å². The Morgan fingerprint density at radius 1 is 1.53 bits per heavy atom. The lowest BCUT2D eigenvalue weighted by molar-refractivity contribution is 0.561. The Morgan fingerprint density at radius 3 is 2.82 bits per heavy atom. The summed E-state index contributed by atoms with van der Waals surface area (Å²) in [5.74, 6) is 0. The Balaban J connectivity index is 2.17. The van der Waals surface area contributed by atoms with Gasteiger partial charge in [0.2, 0.25) is 10.0 Å². The lowest BCUT2D eigenvalue weighted by atomic mass is 10.4. The number of hydrogen-bond donors (Lipinski definition) is 1. The lowest BCUT2D eigenvalue weighted by Gasteiger charge is -2.04. The lowest BCUT2D eigenvalue weighted by Crippen LogP contribution is -2.23.